The molecule has 1 unspecified atom stereocenters. The molecule has 1 amide bonds. The van der Waals surface area contributed by atoms with Crippen LogP contribution in [0.2, 0.25) is 0 Å². The average molecular weight is 401 g/mol. The zero-order valence-electron chi connectivity index (χ0n) is 17.1. The van der Waals surface area contributed by atoms with Crippen LogP contribution in [0, 0.1) is 0 Å². The second-order valence-corrected chi connectivity index (χ2v) is 8.50. The first-order valence-corrected chi connectivity index (χ1v) is 11.4. The molecule has 4 nitrogen and oxygen atoms in total. The molecule has 0 fully saturated rings. The standard InChI is InChI=1S/C23H32N2O2S/c1-3-13-24-23(26)27-22-9-5-7-18-17-19(10-11-21(18)22)25(14-4-2)15-12-20-8-6-16-28-20/h5-9,16,19H,3-4,10-15,17H2,1-2H3,(H,24,26). The van der Waals surface area contributed by atoms with Gasteiger partial charge in [-0.05, 0) is 73.7 Å². The van der Waals surface area contributed by atoms with Gasteiger partial charge < -0.3 is 10.1 Å². The van der Waals surface area contributed by atoms with Crippen LogP contribution in [0.3, 0.4) is 0 Å². The SMILES string of the molecule is CCCNC(=O)Oc1cccc2c1CCC(N(CCC)CCc1cccs1)C2. The summed E-state index contributed by atoms with van der Waals surface area (Å²) in [4.78, 5) is 16.1. The number of hydrogen-bond donors (Lipinski definition) is 1. The molecule has 5 heteroatoms. The van der Waals surface area contributed by atoms with Crippen molar-refractivity contribution in [1.82, 2.24) is 10.2 Å². The van der Waals surface area contributed by atoms with E-state index >= 15 is 0 Å². The minimum atomic E-state index is -0.346. The van der Waals surface area contributed by atoms with Crippen LogP contribution in [-0.4, -0.2) is 36.7 Å². The molecule has 1 heterocycles. The van der Waals surface area contributed by atoms with E-state index in [1.54, 1.807) is 0 Å². The minimum absolute atomic E-state index is 0.346. The van der Waals surface area contributed by atoms with Gasteiger partial charge in [-0.1, -0.05) is 32.0 Å². The van der Waals surface area contributed by atoms with Gasteiger partial charge in [-0.2, -0.15) is 0 Å². The Morgan fingerprint density at radius 3 is 2.86 bits per heavy atom. The van der Waals surface area contributed by atoms with Crippen LogP contribution in [0.5, 0.6) is 5.75 Å². The van der Waals surface area contributed by atoms with Crippen molar-refractivity contribution < 1.29 is 9.53 Å². The summed E-state index contributed by atoms with van der Waals surface area (Å²) < 4.78 is 5.59. The topological polar surface area (TPSA) is 41.6 Å². The number of carbonyl (C=O) groups is 1. The van der Waals surface area contributed by atoms with Crippen molar-refractivity contribution in [3.63, 3.8) is 0 Å². The first-order valence-electron chi connectivity index (χ1n) is 10.5. The Labute approximate surface area is 172 Å². The van der Waals surface area contributed by atoms with Crippen molar-refractivity contribution in [2.24, 2.45) is 0 Å². The maximum atomic E-state index is 12.0. The van der Waals surface area contributed by atoms with Crippen LogP contribution in [0.1, 0.15) is 49.1 Å². The summed E-state index contributed by atoms with van der Waals surface area (Å²) >= 11 is 1.85. The molecule has 0 spiro atoms. The second-order valence-electron chi connectivity index (χ2n) is 7.47. The third-order valence-electron chi connectivity index (χ3n) is 5.39. The van der Waals surface area contributed by atoms with Crippen molar-refractivity contribution in [3.8, 4) is 5.75 Å². The van der Waals surface area contributed by atoms with Gasteiger partial charge in [-0.3, -0.25) is 4.90 Å². The summed E-state index contributed by atoms with van der Waals surface area (Å²) in [6.07, 6.45) is 5.98. The van der Waals surface area contributed by atoms with Crippen LogP contribution in [0.25, 0.3) is 0 Å². The molecule has 2 aromatic rings. The third-order valence-corrected chi connectivity index (χ3v) is 6.32. The summed E-state index contributed by atoms with van der Waals surface area (Å²) in [7, 11) is 0. The van der Waals surface area contributed by atoms with Crippen molar-refractivity contribution in [3.05, 3.63) is 51.7 Å². The van der Waals surface area contributed by atoms with Crippen molar-refractivity contribution in [1.29, 1.82) is 0 Å². The Morgan fingerprint density at radius 1 is 1.21 bits per heavy atom. The largest absolute Gasteiger partial charge is 0.412 e. The molecule has 0 radical (unpaired) electrons. The Morgan fingerprint density at radius 2 is 2.11 bits per heavy atom. The van der Waals surface area contributed by atoms with E-state index in [9.17, 15) is 4.79 Å². The Bertz CT molecular complexity index is 745. The normalized spacial score (nSPS) is 16.0. The van der Waals surface area contributed by atoms with Crippen LogP contribution >= 0.6 is 11.3 Å². The maximum Gasteiger partial charge on any atom is 0.412 e. The predicted molar refractivity (Wildman–Crippen MR) is 116 cm³/mol. The second kappa shape index (κ2) is 10.6. The number of hydrogen-bond acceptors (Lipinski definition) is 4. The number of ether oxygens (including phenoxy) is 1. The molecule has 1 N–H and O–H groups in total. The summed E-state index contributed by atoms with van der Waals surface area (Å²) in [6, 6.07) is 11.1. The predicted octanol–water partition coefficient (Wildman–Crippen LogP) is 5.06. The van der Waals surface area contributed by atoms with Crippen molar-refractivity contribution in [2.45, 2.75) is 58.4 Å². The van der Waals surface area contributed by atoms with E-state index in [0.717, 1.165) is 50.9 Å². The molecular weight excluding hydrogens is 368 g/mol. The number of thiophene rings is 1. The van der Waals surface area contributed by atoms with Gasteiger partial charge in [0.1, 0.15) is 5.75 Å². The van der Waals surface area contributed by atoms with E-state index < -0.39 is 0 Å². The van der Waals surface area contributed by atoms with E-state index in [2.05, 4.69) is 40.7 Å². The fraction of sp³-hybridized carbons (Fsp3) is 0.522. The number of nitrogens with zero attached hydrogens (tertiary/aromatic N) is 1. The summed E-state index contributed by atoms with van der Waals surface area (Å²) in [6.45, 7) is 7.19. The summed E-state index contributed by atoms with van der Waals surface area (Å²) in [5, 5.41) is 4.95. The van der Waals surface area contributed by atoms with Gasteiger partial charge in [-0.15, -0.1) is 11.3 Å². The van der Waals surface area contributed by atoms with Crippen molar-refractivity contribution >= 4 is 17.4 Å². The van der Waals surface area contributed by atoms with Gasteiger partial charge in [0.2, 0.25) is 0 Å². The van der Waals surface area contributed by atoms with Gasteiger partial charge >= 0.3 is 6.09 Å². The number of fused-ring (bicyclic) bond motifs is 1. The van der Waals surface area contributed by atoms with Gasteiger partial charge in [0.15, 0.2) is 0 Å². The number of rotatable bonds is 9. The lowest BCUT2D eigenvalue weighted by atomic mass is 9.86. The third kappa shape index (κ3) is 5.58. The maximum absolute atomic E-state index is 12.0. The van der Waals surface area contributed by atoms with E-state index in [1.807, 2.05) is 30.4 Å². The van der Waals surface area contributed by atoms with Crippen LogP contribution in [-0.2, 0) is 19.3 Å². The smallest absolute Gasteiger partial charge is 0.410 e. The lowest BCUT2D eigenvalue weighted by Gasteiger charge is -2.35. The molecule has 152 valence electrons. The zero-order chi connectivity index (χ0) is 19.8. The first kappa shape index (κ1) is 20.9. The molecular formula is C23H32N2O2S. The van der Waals surface area contributed by atoms with Gasteiger partial charge in [0, 0.05) is 24.0 Å². The van der Waals surface area contributed by atoms with Crippen LogP contribution < -0.4 is 10.1 Å². The average Bonchev–Trinajstić information content (AvgIpc) is 3.23. The highest BCUT2D eigenvalue weighted by Gasteiger charge is 2.26. The van der Waals surface area contributed by atoms with Gasteiger partial charge in [-0.25, -0.2) is 4.79 Å². The molecule has 1 atom stereocenters. The molecule has 0 saturated heterocycles. The minimum Gasteiger partial charge on any atom is -0.410 e. The number of amides is 1. The van der Waals surface area contributed by atoms with Gasteiger partial charge in [0.05, 0.1) is 0 Å². The Hall–Kier alpha value is -1.85. The highest BCUT2D eigenvalue weighted by atomic mass is 32.1. The molecule has 0 bridgehead atoms. The molecule has 1 aliphatic rings. The first-order chi connectivity index (χ1) is 13.7. The van der Waals surface area contributed by atoms with E-state index in [0.29, 0.717) is 12.6 Å². The quantitative estimate of drug-likeness (QED) is 0.640. The fourth-order valence-corrected chi connectivity index (χ4v) is 4.69. The van der Waals surface area contributed by atoms with E-state index in [1.165, 1.54) is 22.4 Å². The lowest BCUT2D eigenvalue weighted by Crippen LogP contribution is -2.41. The molecule has 0 saturated carbocycles. The summed E-state index contributed by atoms with van der Waals surface area (Å²) in [5.74, 6) is 0.727. The van der Waals surface area contributed by atoms with Crippen LogP contribution in [0.15, 0.2) is 35.7 Å². The zero-order valence-corrected chi connectivity index (χ0v) is 17.9. The number of nitrogens with one attached hydrogen (secondary N) is 1. The molecule has 1 aliphatic carbocycles. The highest BCUT2D eigenvalue weighted by Crippen LogP contribution is 2.32. The van der Waals surface area contributed by atoms with E-state index in [-0.39, 0.29) is 6.09 Å². The highest BCUT2D eigenvalue weighted by molar-refractivity contribution is 7.09. The van der Waals surface area contributed by atoms with Crippen LogP contribution in [0.4, 0.5) is 4.79 Å². The van der Waals surface area contributed by atoms with E-state index in [4.69, 9.17) is 4.74 Å². The fourth-order valence-electron chi connectivity index (χ4n) is 4.00. The monoisotopic (exact) mass is 400 g/mol. The van der Waals surface area contributed by atoms with Crippen molar-refractivity contribution in [2.75, 3.05) is 19.6 Å². The molecule has 3 rings (SSSR count). The molecule has 0 aliphatic heterocycles. The summed E-state index contributed by atoms with van der Waals surface area (Å²) in [5.41, 5.74) is 2.54. The Kier molecular flexibility index (Phi) is 7.92. The Balaban J connectivity index is 1.65. The molecule has 1 aromatic heterocycles. The van der Waals surface area contributed by atoms with Gasteiger partial charge in [0.25, 0.3) is 0 Å². The number of carbonyl (C=O) groups excluding carboxylic acids is 1. The molecule has 1 aromatic carbocycles. The molecule has 28 heavy (non-hydrogen) atoms. The number of benzene rings is 1. The lowest BCUT2D eigenvalue weighted by molar-refractivity contribution is 0.180.